The van der Waals surface area contributed by atoms with Crippen LogP contribution in [0.25, 0.3) is 16.9 Å². The molecular formula is C25H33FN4O2. The van der Waals surface area contributed by atoms with Crippen LogP contribution in [0.2, 0.25) is 0 Å². The lowest BCUT2D eigenvalue weighted by molar-refractivity contribution is 0.0134. The van der Waals surface area contributed by atoms with Crippen LogP contribution >= 0.6 is 0 Å². The van der Waals surface area contributed by atoms with Gasteiger partial charge in [-0.2, -0.15) is 5.10 Å². The maximum Gasteiger partial charge on any atom is 0.170 e. The fourth-order valence-corrected chi connectivity index (χ4v) is 3.85. The van der Waals surface area contributed by atoms with E-state index in [2.05, 4.69) is 56.6 Å². The number of aldehydes is 1. The Kier molecular flexibility index (Phi) is 6.81. The van der Waals surface area contributed by atoms with Crippen LogP contribution in [0.1, 0.15) is 63.5 Å². The fourth-order valence-electron chi connectivity index (χ4n) is 3.85. The summed E-state index contributed by atoms with van der Waals surface area (Å²) >= 11 is 0. The van der Waals surface area contributed by atoms with Crippen molar-refractivity contribution in [1.82, 2.24) is 19.5 Å². The number of rotatable bonds is 2. The van der Waals surface area contributed by atoms with Gasteiger partial charge in [0.15, 0.2) is 11.9 Å². The van der Waals surface area contributed by atoms with Gasteiger partial charge in [-0.3, -0.25) is 4.79 Å². The summed E-state index contributed by atoms with van der Waals surface area (Å²) in [5.41, 5.74) is 3.55. The van der Waals surface area contributed by atoms with E-state index < -0.39 is 0 Å². The molecule has 0 radical (unpaired) electrons. The van der Waals surface area contributed by atoms with Gasteiger partial charge in [0, 0.05) is 23.2 Å². The van der Waals surface area contributed by atoms with Gasteiger partial charge in [0.05, 0.1) is 18.0 Å². The second-order valence-electron chi connectivity index (χ2n) is 10.1. The Morgan fingerprint density at radius 3 is 2.41 bits per heavy atom. The molecule has 0 saturated carbocycles. The maximum atomic E-state index is 13.1. The largest absolute Gasteiger partial charge is 0.393 e. The number of fused-ring (bicyclic) bond motifs is 1. The Balaban J connectivity index is 0.000000243. The van der Waals surface area contributed by atoms with Crippen molar-refractivity contribution < 1.29 is 14.3 Å². The van der Waals surface area contributed by atoms with Crippen molar-refractivity contribution in [2.45, 2.75) is 64.5 Å². The Morgan fingerprint density at radius 2 is 1.88 bits per heavy atom. The molecule has 1 aliphatic rings. The monoisotopic (exact) mass is 440 g/mol. The van der Waals surface area contributed by atoms with Crippen LogP contribution in [0.15, 0.2) is 36.5 Å². The first-order valence-corrected chi connectivity index (χ1v) is 10.9. The molecule has 0 amide bonds. The number of aliphatic hydroxyl groups is 1. The van der Waals surface area contributed by atoms with Crippen molar-refractivity contribution in [3.63, 3.8) is 0 Å². The molecule has 1 N–H and O–H groups in total. The SMILES string of the molecule is CC(C)(C)c1cc(-c2ccc(F)cc2)nn2cc(C=O)nc12.CN1CCC(O)CC1(C)C. The summed E-state index contributed by atoms with van der Waals surface area (Å²) in [5.74, 6) is -0.285. The average Bonchev–Trinajstić information content (AvgIpc) is 3.13. The van der Waals surface area contributed by atoms with Crippen LogP contribution in [0.3, 0.4) is 0 Å². The lowest BCUT2D eigenvalue weighted by Crippen LogP contribution is -2.49. The minimum absolute atomic E-state index is 0.0776. The molecule has 172 valence electrons. The van der Waals surface area contributed by atoms with Gasteiger partial charge >= 0.3 is 0 Å². The van der Waals surface area contributed by atoms with Crippen LogP contribution in [0, 0.1) is 5.82 Å². The normalized spacial score (nSPS) is 18.8. The van der Waals surface area contributed by atoms with Crippen LogP contribution in [0.5, 0.6) is 0 Å². The van der Waals surface area contributed by atoms with Crippen molar-refractivity contribution in [1.29, 1.82) is 0 Å². The quantitative estimate of drug-likeness (QED) is 0.594. The molecule has 1 atom stereocenters. The smallest absolute Gasteiger partial charge is 0.170 e. The number of aliphatic hydroxyl groups excluding tert-OH is 1. The van der Waals surface area contributed by atoms with E-state index in [0.29, 0.717) is 23.3 Å². The third kappa shape index (κ3) is 5.40. The first-order valence-electron chi connectivity index (χ1n) is 10.9. The zero-order valence-corrected chi connectivity index (χ0v) is 19.8. The van der Waals surface area contributed by atoms with E-state index in [1.54, 1.807) is 22.8 Å². The van der Waals surface area contributed by atoms with Gasteiger partial charge < -0.3 is 10.0 Å². The summed E-state index contributed by atoms with van der Waals surface area (Å²) in [6.07, 6.45) is 4.07. The molecule has 1 aliphatic heterocycles. The number of hydrogen-bond donors (Lipinski definition) is 1. The second-order valence-corrected chi connectivity index (χ2v) is 10.1. The second kappa shape index (κ2) is 9.08. The number of carbonyl (C=O) groups excluding carboxylic acids is 1. The Hall–Kier alpha value is -2.64. The predicted molar refractivity (Wildman–Crippen MR) is 124 cm³/mol. The predicted octanol–water partition coefficient (Wildman–Crippen LogP) is 4.50. The number of aromatic nitrogens is 3. The number of carbonyl (C=O) groups is 1. The van der Waals surface area contributed by atoms with E-state index in [4.69, 9.17) is 0 Å². The minimum Gasteiger partial charge on any atom is -0.393 e. The molecular weight excluding hydrogens is 407 g/mol. The number of halogens is 1. The highest BCUT2D eigenvalue weighted by Crippen LogP contribution is 2.29. The van der Waals surface area contributed by atoms with E-state index in [1.807, 2.05) is 6.07 Å². The van der Waals surface area contributed by atoms with Gasteiger partial charge in [0.25, 0.3) is 0 Å². The number of benzene rings is 1. The molecule has 32 heavy (non-hydrogen) atoms. The lowest BCUT2D eigenvalue weighted by atomic mass is 9.87. The van der Waals surface area contributed by atoms with E-state index in [9.17, 15) is 14.3 Å². The third-order valence-electron chi connectivity index (χ3n) is 6.08. The average molecular weight is 441 g/mol. The zero-order chi connectivity index (χ0) is 23.7. The maximum absolute atomic E-state index is 13.1. The van der Waals surface area contributed by atoms with Crippen LogP contribution in [-0.4, -0.2) is 56.1 Å². The zero-order valence-electron chi connectivity index (χ0n) is 19.8. The molecule has 1 fully saturated rings. The van der Waals surface area contributed by atoms with Crippen molar-refractivity contribution in [3.8, 4) is 11.3 Å². The van der Waals surface area contributed by atoms with Crippen molar-refractivity contribution >= 4 is 11.9 Å². The molecule has 4 rings (SSSR count). The van der Waals surface area contributed by atoms with E-state index >= 15 is 0 Å². The van der Waals surface area contributed by atoms with Gasteiger partial charge in [0.1, 0.15) is 11.5 Å². The van der Waals surface area contributed by atoms with Gasteiger partial charge in [-0.05, 0) is 69.5 Å². The van der Waals surface area contributed by atoms with Gasteiger partial charge in [0.2, 0.25) is 0 Å². The number of imidazole rings is 1. The number of likely N-dealkylation sites (tertiary alicyclic amines) is 1. The highest BCUT2D eigenvalue weighted by atomic mass is 19.1. The molecule has 3 aromatic rings. The lowest BCUT2D eigenvalue weighted by Gasteiger charge is -2.41. The summed E-state index contributed by atoms with van der Waals surface area (Å²) in [4.78, 5) is 17.6. The molecule has 0 aliphatic carbocycles. The first-order chi connectivity index (χ1) is 14.9. The Labute approximate surface area is 189 Å². The minimum atomic E-state index is -0.285. The van der Waals surface area contributed by atoms with Crippen LogP contribution < -0.4 is 0 Å². The summed E-state index contributed by atoms with van der Waals surface area (Å²) in [7, 11) is 2.12. The molecule has 7 heteroatoms. The summed E-state index contributed by atoms with van der Waals surface area (Å²) < 4.78 is 14.7. The third-order valence-corrected chi connectivity index (χ3v) is 6.08. The molecule has 1 aromatic carbocycles. The van der Waals surface area contributed by atoms with Crippen LogP contribution in [-0.2, 0) is 5.41 Å². The molecule has 3 heterocycles. The Bertz CT molecular complexity index is 1080. The molecule has 6 nitrogen and oxygen atoms in total. The van der Waals surface area contributed by atoms with E-state index in [0.717, 1.165) is 30.5 Å². The molecule has 0 spiro atoms. The van der Waals surface area contributed by atoms with Gasteiger partial charge in [-0.25, -0.2) is 13.9 Å². The standard InChI is InChI=1S/C17H16FN3O.C8H17NO/c1-17(2,3)14-8-15(11-4-6-12(18)7-5-11)20-21-9-13(10-22)19-16(14)21;1-8(2)6-7(10)4-5-9(8)3/h4-10H,1-3H3;7,10H,4-6H2,1-3H3. The molecule has 1 unspecified atom stereocenters. The van der Waals surface area contributed by atoms with Crippen molar-refractivity contribution in [3.05, 3.63) is 53.6 Å². The van der Waals surface area contributed by atoms with Gasteiger partial charge in [-0.1, -0.05) is 20.8 Å². The number of piperidine rings is 1. The van der Waals surface area contributed by atoms with Crippen molar-refractivity contribution in [2.24, 2.45) is 0 Å². The summed E-state index contributed by atoms with van der Waals surface area (Å²) in [6.45, 7) is 11.6. The summed E-state index contributed by atoms with van der Waals surface area (Å²) in [5, 5.41) is 13.8. The topological polar surface area (TPSA) is 70.7 Å². The van der Waals surface area contributed by atoms with E-state index in [-0.39, 0.29) is 22.9 Å². The molecule has 1 saturated heterocycles. The van der Waals surface area contributed by atoms with Gasteiger partial charge in [-0.15, -0.1) is 0 Å². The van der Waals surface area contributed by atoms with Crippen molar-refractivity contribution in [2.75, 3.05) is 13.6 Å². The summed E-state index contributed by atoms with van der Waals surface area (Å²) in [6, 6.07) is 8.14. The van der Waals surface area contributed by atoms with E-state index in [1.165, 1.54) is 12.1 Å². The number of nitrogens with zero attached hydrogens (tertiary/aromatic N) is 4. The molecule has 2 aromatic heterocycles. The molecule has 0 bridgehead atoms. The highest BCUT2D eigenvalue weighted by Gasteiger charge is 2.30. The first kappa shape index (κ1) is 24.0. The number of hydrogen-bond acceptors (Lipinski definition) is 5. The fraction of sp³-hybridized carbons (Fsp3) is 0.480. The van der Waals surface area contributed by atoms with Crippen LogP contribution in [0.4, 0.5) is 4.39 Å². The highest BCUT2D eigenvalue weighted by molar-refractivity contribution is 5.74. The Morgan fingerprint density at radius 1 is 1.22 bits per heavy atom.